The van der Waals surface area contributed by atoms with Crippen molar-refractivity contribution in [2.45, 2.75) is 32.7 Å². The molecular formula is C16H27N3. The van der Waals surface area contributed by atoms with Gasteiger partial charge in [-0.15, -0.1) is 0 Å². The topological polar surface area (TPSA) is 27.3 Å². The third kappa shape index (κ3) is 4.51. The quantitative estimate of drug-likeness (QED) is 0.823. The van der Waals surface area contributed by atoms with Crippen molar-refractivity contribution in [2.75, 3.05) is 38.0 Å². The minimum absolute atomic E-state index is 0.671. The van der Waals surface area contributed by atoms with E-state index in [2.05, 4.69) is 53.6 Å². The van der Waals surface area contributed by atoms with Crippen LogP contribution in [0.2, 0.25) is 0 Å². The number of nitrogens with zero attached hydrogens (tertiary/aromatic N) is 1. The van der Waals surface area contributed by atoms with Crippen molar-refractivity contribution in [3.05, 3.63) is 29.8 Å². The van der Waals surface area contributed by atoms with Gasteiger partial charge in [-0.3, -0.25) is 4.90 Å². The molecule has 1 atom stereocenters. The lowest BCUT2D eigenvalue weighted by molar-refractivity contribution is 0.179. The van der Waals surface area contributed by atoms with Crippen LogP contribution in [0.25, 0.3) is 0 Å². The zero-order chi connectivity index (χ0) is 13.5. The van der Waals surface area contributed by atoms with Gasteiger partial charge in [-0.1, -0.05) is 19.1 Å². The molecule has 1 aromatic carbocycles. The summed E-state index contributed by atoms with van der Waals surface area (Å²) >= 11 is 0. The molecule has 1 aromatic rings. The first-order chi connectivity index (χ1) is 9.29. The Morgan fingerprint density at radius 2 is 1.89 bits per heavy atom. The number of nitrogens with one attached hydrogen (secondary N) is 2. The van der Waals surface area contributed by atoms with Gasteiger partial charge in [0, 0.05) is 44.5 Å². The molecule has 1 unspecified atom stereocenters. The Morgan fingerprint density at radius 3 is 2.53 bits per heavy atom. The van der Waals surface area contributed by atoms with Crippen LogP contribution in [0.1, 0.15) is 25.8 Å². The van der Waals surface area contributed by atoms with E-state index < -0.39 is 0 Å². The van der Waals surface area contributed by atoms with E-state index in [1.807, 2.05) is 0 Å². The molecule has 0 aromatic heterocycles. The Kier molecular flexibility index (Phi) is 5.67. The van der Waals surface area contributed by atoms with Crippen LogP contribution in [-0.2, 0) is 6.42 Å². The summed E-state index contributed by atoms with van der Waals surface area (Å²) in [5.74, 6) is 0. The average molecular weight is 261 g/mol. The van der Waals surface area contributed by atoms with Gasteiger partial charge < -0.3 is 10.6 Å². The summed E-state index contributed by atoms with van der Waals surface area (Å²) in [7, 11) is 0. The summed E-state index contributed by atoms with van der Waals surface area (Å²) in [5, 5.41) is 6.93. The number of anilines is 1. The van der Waals surface area contributed by atoms with Crippen LogP contribution in [0.5, 0.6) is 0 Å². The maximum Gasteiger partial charge on any atom is 0.0340 e. The van der Waals surface area contributed by atoms with Crippen molar-refractivity contribution in [3.8, 4) is 0 Å². The van der Waals surface area contributed by atoms with E-state index in [0.29, 0.717) is 6.04 Å². The van der Waals surface area contributed by atoms with Gasteiger partial charge >= 0.3 is 0 Å². The summed E-state index contributed by atoms with van der Waals surface area (Å²) in [6, 6.07) is 9.47. The highest BCUT2D eigenvalue weighted by Gasteiger charge is 2.15. The first-order valence-electron chi connectivity index (χ1n) is 7.57. The zero-order valence-electron chi connectivity index (χ0n) is 12.3. The van der Waals surface area contributed by atoms with Gasteiger partial charge in [-0.05, 0) is 37.5 Å². The Bertz CT molecular complexity index is 355. The number of benzene rings is 1. The lowest BCUT2D eigenvalue weighted by Crippen LogP contribution is -2.47. The predicted octanol–water partition coefficient (Wildman–Crippen LogP) is 2.34. The molecular weight excluding hydrogens is 234 g/mol. The predicted molar refractivity (Wildman–Crippen MR) is 82.8 cm³/mol. The monoisotopic (exact) mass is 261 g/mol. The van der Waals surface area contributed by atoms with E-state index in [9.17, 15) is 0 Å². The van der Waals surface area contributed by atoms with Crippen LogP contribution >= 0.6 is 0 Å². The molecule has 1 aliphatic rings. The van der Waals surface area contributed by atoms with Crippen LogP contribution in [-0.4, -0.2) is 43.7 Å². The highest BCUT2D eigenvalue weighted by Crippen LogP contribution is 2.11. The number of hydrogen-bond donors (Lipinski definition) is 2. The summed E-state index contributed by atoms with van der Waals surface area (Å²) in [6.45, 7) is 10.2. The maximum atomic E-state index is 3.52. The van der Waals surface area contributed by atoms with Gasteiger partial charge in [0.15, 0.2) is 0 Å². The van der Waals surface area contributed by atoms with Crippen molar-refractivity contribution >= 4 is 5.69 Å². The number of hydrogen-bond acceptors (Lipinski definition) is 3. The van der Waals surface area contributed by atoms with E-state index in [4.69, 9.17) is 0 Å². The smallest absolute Gasteiger partial charge is 0.0340 e. The molecule has 19 heavy (non-hydrogen) atoms. The van der Waals surface area contributed by atoms with E-state index >= 15 is 0 Å². The molecule has 2 N–H and O–H groups in total. The highest BCUT2D eigenvalue weighted by atomic mass is 15.2. The zero-order valence-corrected chi connectivity index (χ0v) is 12.3. The summed E-state index contributed by atoms with van der Waals surface area (Å²) in [4.78, 5) is 2.58. The molecule has 0 saturated carbocycles. The van der Waals surface area contributed by atoms with Crippen LogP contribution < -0.4 is 10.6 Å². The van der Waals surface area contributed by atoms with E-state index in [0.717, 1.165) is 26.1 Å². The van der Waals surface area contributed by atoms with Crippen molar-refractivity contribution < 1.29 is 0 Å². The van der Waals surface area contributed by atoms with Crippen molar-refractivity contribution in [2.24, 2.45) is 0 Å². The first-order valence-corrected chi connectivity index (χ1v) is 7.57. The van der Waals surface area contributed by atoms with E-state index in [-0.39, 0.29) is 0 Å². The summed E-state index contributed by atoms with van der Waals surface area (Å²) in [5.41, 5.74) is 2.64. The maximum absolute atomic E-state index is 3.52. The summed E-state index contributed by atoms with van der Waals surface area (Å²) in [6.07, 6.45) is 2.32. The molecule has 0 spiro atoms. The van der Waals surface area contributed by atoms with Crippen LogP contribution in [0.15, 0.2) is 24.3 Å². The fraction of sp³-hybridized carbons (Fsp3) is 0.625. The second-order valence-electron chi connectivity index (χ2n) is 5.40. The highest BCUT2D eigenvalue weighted by molar-refractivity contribution is 5.44. The Labute approximate surface area is 117 Å². The van der Waals surface area contributed by atoms with Gasteiger partial charge in [0.25, 0.3) is 0 Å². The molecule has 0 radical (unpaired) electrons. The second kappa shape index (κ2) is 7.51. The standard InChI is InChI=1S/C16H27N3/c1-3-15-4-6-16(7-5-15)18-9-8-14(2)19-12-10-17-11-13-19/h4-7,14,17-18H,3,8-13H2,1-2H3. The minimum atomic E-state index is 0.671. The molecule has 0 bridgehead atoms. The van der Waals surface area contributed by atoms with Gasteiger partial charge in [-0.25, -0.2) is 0 Å². The molecule has 2 rings (SSSR count). The molecule has 3 nitrogen and oxygen atoms in total. The normalized spacial score (nSPS) is 18.2. The molecule has 0 aliphatic carbocycles. The fourth-order valence-corrected chi connectivity index (χ4v) is 2.59. The SMILES string of the molecule is CCc1ccc(NCCC(C)N2CCNCC2)cc1. The Morgan fingerprint density at radius 1 is 1.21 bits per heavy atom. The van der Waals surface area contributed by atoms with Crippen molar-refractivity contribution in [1.29, 1.82) is 0 Å². The minimum Gasteiger partial charge on any atom is -0.385 e. The molecule has 1 saturated heterocycles. The Hall–Kier alpha value is -1.06. The lowest BCUT2D eigenvalue weighted by Gasteiger charge is -2.32. The molecule has 1 heterocycles. The number of piperazine rings is 1. The largest absolute Gasteiger partial charge is 0.385 e. The van der Waals surface area contributed by atoms with Crippen molar-refractivity contribution in [1.82, 2.24) is 10.2 Å². The summed E-state index contributed by atoms with van der Waals surface area (Å²) < 4.78 is 0. The van der Waals surface area contributed by atoms with Gasteiger partial charge in [0.05, 0.1) is 0 Å². The van der Waals surface area contributed by atoms with Gasteiger partial charge in [-0.2, -0.15) is 0 Å². The third-order valence-electron chi connectivity index (χ3n) is 4.03. The van der Waals surface area contributed by atoms with Crippen LogP contribution in [0, 0.1) is 0 Å². The molecule has 0 amide bonds. The van der Waals surface area contributed by atoms with Crippen LogP contribution in [0.3, 0.4) is 0 Å². The second-order valence-corrected chi connectivity index (χ2v) is 5.40. The Balaban J connectivity index is 1.69. The molecule has 3 heteroatoms. The molecule has 1 aliphatic heterocycles. The number of rotatable bonds is 6. The molecule has 1 fully saturated rings. The lowest BCUT2D eigenvalue weighted by atomic mass is 10.1. The van der Waals surface area contributed by atoms with E-state index in [1.54, 1.807) is 0 Å². The third-order valence-corrected chi connectivity index (χ3v) is 4.03. The van der Waals surface area contributed by atoms with Gasteiger partial charge in [0.2, 0.25) is 0 Å². The first kappa shape index (κ1) is 14.4. The van der Waals surface area contributed by atoms with Crippen molar-refractivity contribution in [3.63, 3.8) is 0 Å². The average Bonchev–Trinajstić information content (AvgIpc) is 2.49. The fourth-order valence-electron chi connectivity index (χ4n) is 2.59. The van der Waals surface area contributed by atoms with E-state index in [1.165, 1.54) is 30.8 Å². The van der Waals surface area contributed by atoms with Gasteiger partial charge in [0.1, 0.15) is 0 Å². The number of aryl methyl sites for hydroxylation is 1. The van der Waals surface area contributed by atoms with Crippen LogP contribution in [0.4, 0.5) is 5.69 Å². The molecule has 106 valence electrons.